The highest BCUT2D eigenvalue weighted by Crippen LogP contribution is 2.16. The van der Waals surface area contributed by atoms with E-state index in [-0.39, 0.29) is 30.1 Å². The van der Waals surface area contributed by atoms with Crippen LogP contribution in [0.1, 0.15) is 33.6 Å². The summed E-state index contributed by atoms with van der Waals surface area (Å²) in [4.78, 5) is 36.9. The van der Waals surface area contributed by atoms with Crippen molar-refractivity contribution < 1.29 is 9.59 Å². The van der Waals surface area contributed by atoms with E-state index in [0.29, 0.717) is 5.69 Å². The molecule has 1 heterocycles. The summed E-state index contributed by atoms with van der Waals surface area (Å²) in [7, 11) is 0. The van der Waals surface area contributed by atoms with Crippen molar-refractivity contribution in [3.63, 3.8) is 0 Å². The van der Waals surface area contributed by atoms with E-state index in [1.807, 2.05) is 57.2 Å². The lowest BCUT2D eigenvalue weighted by Gasteiger charge is -2.10. The van der Waals surface area contributed by atoms with Gasteiger partial charge in [0.2, 0.25) is 5.91 Å². The third-order valence-electron chi connectivity index (χ3n) is 4.58. The van der Waals surface area contributed by atoms with E-state index in [9.17, 15) is 14.4 Å². The minimum absolute atomic E-state index is 0.0587. The van der Waals surface area contributed by atoms with Crippen LogP contribution < -0.4 is 16.2 Å². The molecular weight excluding hydrogens is 380 g/mol. The summed E-state index contributed by atoms with van der Waals surface area (Å²) in [5, 5.41) is 9.71. The fraction of sp³-hybridized carbons (Fsp3) is 0.217. The molecule has 154 valence electrons. The predicted octanol–water partition coefficient (Wildman–Crippen LogP) is 3.45. The summed E-state index contributed by atoms with van der Waals surface area (Å²) in [6.07, 6.45) is 0.0587. The van der Waals surface area contributed by atoms with Gasteiger partial charge < -0.3 is 10.6 Å². The molecule has 1 aromatic heterocycles. The Morgan fingerprint density at radius 2 is 1.70 bits per heavy atom. The van der Waals surface area contributed by atoms with E-state index in [2.05, 4.69) is 15.7 Å². The van der Waals surface area contributed by atoms with Gasteiger partial charge in [0.25, 0.3) is 11.5 Å². The van der Waals surface area contributed by atoms with Crippen LogP contribution in [0.5, 0.6) is 0 Å². The average Bonchev–Trinajstić information content (AvgIpc) is 2.69. The Labute approximate surface area is 174 Å². The molecule has 0 spiro atoms. The number of nitrogens with zero attached hydrogens (tertiary/aromatic N) is 2. The second-order valence-corrected chi connectivity index (χ2v) is 7.22. The summed E-state index contributed by atoms with van der Waals surface area (Å²) in [5.74, 6) is -0.653. The highest BCUT2D eigenvalue weighted by Gasteiger charge is 2.12. The van der Waals surface area contributed by atoms with Crippen LogP contribution in [0, 0.1) is 20.8 Å². The fourth-order valence-electron chi connectivity index (χ4n) is 3.02. The lowest BCUT2D eigenvalue weighted by atomic mass is 10.1. The summed E-state index contributed by atoms with van der Waals surface area (Å²) in [5.41, 5.74) is 4.20. The Morgan fingerprint density at radius 3 is 2.43 bits per heavy atom. The van der Waals surface area contributed by atoms with Gasteiger partial charge in [0.15, 0.2) is 0 Å². The zero-order chi connectivity index (χ0) is 21.7. The molecule has 0 aliphatic carbocycles. The molecule has 0 aliphatic heterocycles. The van der Waals surface area contributed by atoms with Crippen molar-refractivity contribution in [2.45, 2.75) is 33.7 Å². The maximum atomic E-state index is 12.5. The number of hydrogen-bond donors (Lipinski definition) is 2. The van der Waals surface area contributed by atoms with Gasteiger partial charge in [-0.15, -0.1) is 0 Å². The van der Waals surface area contributed by atoms with Gasteiger partial charge >= 0.3 is 0 Å². The van der Waals surface area contributed by atoms with Crippen molar-refractivity contribution in [1.82, 2.24) is 9.78 Å². The van der Waals surface area contributed by atoms with Crippen molar-refractivity contribution in [2.75, 3.05) is 10.6 Å². The Bertz CT molecular complexity index is 1150. The van der Waals surface area contributed by atoms with Crippen LogP contribution in [0.25, 0.3) is 0 Å². The monoisotopic (exact) mass is 404 g/mol. The number of carbonyl (C=O) groups is 2. The molecule has 0 saturated carbocycles. The molecule has 2 amide bonds. The molecule has 0 unspecified atom stereocenters. The van der Waals surface area contributed by atoms with Gasteiger partial charge in [-0.2, -0.15) is 5.10 Å². The first-order valence-electron chi connectivity index (χ1n) is 9.65. The molecule has 0 saturated heterocycles. The standard InChI is InChI=1S/C23H24N4O3/c1-15-5-4-6-18(14-15)24-23(30)20-9-10-22(29)27(26-20)12-11-21(28)25-19-8-7-16(2)13-17(19)3/h4-10,13-14H,11-12H2,1-3H3,(H,24,30)(H,25,28). The molecule has 2 N–H and O–H groups in total. The van der Waals surface area contributed by atoms with E-state index in [0.717, 1.165) is 27.1 Å². The molecule has 0 fully saturated rings. The average molecular weight is 404 g/mol. The van der Waals surface area contributed by atoms with Gasteiger partial charge in [-0.3, -0.25) is 14.4 Å². The minimum atomic E-state index is -0.422. The van der Waals surface area contributed by atoms with Crippen molar-refractivity contribution in [2.24, 2.45) is 0 Å². The fourth-order valence-corrected chi connectivity index (χ4v) is 3.02. The third-order valence-corrected chi connectivity index (χ3v) is 4.58. The second-order valence-electron chi connectivity index (χ2n) is 7.22. The second kappa shape index (κ2) is 9.17. The summed E-state index contributed by atoms with van der Waals surface area (Å²) in [6, 6.07) is 15.8. The molecule has 3 aromatic rings. The number of benzene rings is 2. The lowest BCUT2D eigenvalue weighted by Crippen LogP contribution is -2.28. The van der Waals surface area contributed by atoms with E-state index < -0.39 is 5.91 Å². The van der Waals surface area contributed by atoms with Gasteiger partial charge in [-0.05, 0) is 56.2 Å². The van der Waals surface area contributed by atoms with E-state index >= 15 is 0 Å². The van der Waals surface area contributed by atoms with E-state index in [1.165, 1.54) is 12.1 Å². The minimum Gasteiger partial charge on any atom is -0.326 e. The first-order chi connectivity index (χ1) is 14.3. The highest BCUT2D eigenvalue weighted by atomic mass is 16.2. The van der Waals surface area contributed by atoms with Gasteiger partial charge in [-0.1, -0.05) is 29.8 Å². The number of nitrogens with one attached hydrogen (secondary N) is 2. The van der Waals surface area contributed by atoms with E-state index in [4.69, 9.17) is 0 Å². The molecule has 2 aromatic carbocycles. The molecular formula is C23H24N4O3. The Hall–Kier alpha value is -3.74. The Balaban J connectivity index is 1.65. The van der Waals surface area contributed by atoms with Gasteiger partial charge in [-0.25, -0.2) is 4.68 Å². The number of carbonyl (C=O) groups excluding carboxylic acids is 2. The van der Waals surface area contributed by atoms with Gasteiger partial charge in [0.1, 0.15) is 5.69 Å². The van der Waals surface area contributed by atoms with Crippen LogP contribution in [0.15, 0.2) is 59.4 Å². The molecule has 0 bridgehead atoms. The molecule has 0 aliphatic rings. The lowest BCUT2D eigenvalue weighted by molar-refractivity contribution is -0.116. The molecule has 7 nitrogen and oxygen atoms in total. The third kappa shape index (κ3) is 5.41. The van der Waals surface area contributed by atoms with E-state index in [1.54, 1.807) is 6.07 Å². The zero-order valence-electron chi connectivity index (χ0n) is 17.2. The quantitative estimate of drug-likeness (QED) is 0.658. The largest absolute Gasteiger partial charge is 0.326 e. The smallest absolute Gasteiger partial charge is 0.276 e. The van der Waals surface area contributed by atoms with Gasteiger partial charge in [0.05, 0.1) is 6.54 Å². The Morgan fingerprint density at radius 1 is 0.933 bits per heavy atom. The number of aromatic nitrogens is 2. The van der Waals surface area contributed by atoms with Crippen LogP contribution >= 0.6 is 0 Å². The summed E-state index contributed by atoms with van der Waals surface area (Å²) < 4.78 is 1.13. The Kier molecular flexibility index (Phi) is 6.41. The van der Waals surface area contributed by atoms with Crippen molar-refractivity contribution >= 4 is 23.2 Å². The van der Waals surface area contributed by atoms with Crippen LogP contribution in [0.2, 0.25) is 0 Å². The normalized spacial score (nSPS) is 10.5. The van der Waals surface area contributed by atoms with Gasteiger partial charge in [0, 0.05) is 23.9 Å². The molecule has 30 heavy (non-hydrogen) atoms. The van der Waals surface area contributed by atoms with Crippen LogP contribution in [0.4, 0.5) is 11.4 Å². The van der Waals surface area contributed by atoms with Crippen molar-refractivity contribution in [1.29, 1.82) is 0 Å². The topological polar surface area (TPSA) is 93.1 Å². The molecule has 0 atom stereocenters. The number of anilines is 2. The number of hydrogen-bond acceptors (Lipinski definition) is 4. The molecule has 7 heteroatoms. The molecule has 0 radical (unpaired) electrons. The first-order valence-corrected chi connectivity index (χ1v) is 9.65. The molecule has 3 rings (SSSR count). The van der Waals surface area contributed by atoms with Crippen LogP contribution in [-0.2, 0) is 11.3 Å². The van der Waals surface area contributed by atoms with Crippen molar-refractivity contribution in [3.8, 4) is 0 Å². The number of rotatable bonds is 6. The highest BCUT2D eigenvalue weighted by molar-refractivity contribution is 6.02. The maximum Gasteiger partial charge on any atom is 0.276 e. The number of amides is 2. The summed E-state index contributed by atoms with van der Waals surface area (Å²) >= 11 is 0. The summed E-state index contributed by atoms with van der Waals surface area (Å²) in [6.45, 7) is 5.90. The predicted molar refractivity (Wildman–Crippen MR) is 117 cm³/mol. The van der Waals surface area contributed by atoms with Crippen LogP contribution in [0.3, 0.4) is 0 Å². The maximum absolute atomic E-state index is 12.5. The van der Waals surface area contributed by atoms with Crippen molar-refractivity contribution in [3.05, 3.63) is 87.3 Å². The SMILES string of the molecule is Cc1cccc(NC(=O)c2ccc(=O)n(CCC(=O)Nc3ccc(C)cc3C)n2)c1. The zero-order valence-corrected chi connectivity index (χ0v) is 17.2. The van der Waals surface area contributed by atoms with Crippen LogP contribution in [-0.4, -0.2) is 21.6 Å². The first kappa shape index (κ1) is 21.0. The number of aryl methyl sites for hydroxylation is 4.